The molecule has 25 heavy (non-hydrogen) atoms. The molecule has 2 aromatic rings. The molecule has 0 aromatic heterocycles. The van der Waals surface area contributed by atoms with Gasteiger partial charge in [0.2, 0.25) is 0 Å². The Balaban J connectivity index is 2.54. The Morgan fingerprint density at radius 3 is 1.88 bits per heavy atom. The highest BCUT2D eigenvalue weighted by atomic mass is 32.3. The summed E-state index contributed by atoms with van der Waals surface area (Å²) < 4.78 is 69.9. The van der Waals surface area contributed by atoms with Crippen molar-refractivity contribution < 1.29 is 29.7 Å². The van der Waals surface area contributed by atoms with E-state index in [2.05, 4.69) is 10.2 Å². The van der Waals surface area contributed by atoms with E-state index >= 15 is 0 Å². The molecular formula is C13H7F2N3O5S2. The predicted octanol–water partition coefficient (Wildman–Crippen LogP) is 3.00. The minimum Gasteiger partial charge on any atom is -0.507 e. The van der Waals surface area contributed by atoms with Crippen LogP contribution in [0.1, 0.15) is 5.56 Å². The molecule has 0 radical (unpaired) electrons. The van der Waals surface area contributed by atoms with Gasteiger partial charge in [0.05, 0.1) is 16.9 Å². The highest BCUT2D eigenvalue weighted by Gasteiger charge is 2.20. The van der Waals surface area contributed by atoms with E-state index in [1.807, 2.05) is 0 Å². The third kappa shape index (κ3) is 4.55. The number of nitrogens with zero attached hydrogens (tertiary/aromatic N) is 3. The molecule has 0 aliphatic heterocycles. The molecule has 8 nitrogen and oxygen atoms in total. The second-order valence-corrected chi connectivity index (χ2v) is 7.25. The van der Waals surface area contributed by atoms with Crippen LogP contribution in [0.5, 0.6) is 5.75 Å². The van der Waals surface area contributed by atoms with E-state index in [4.69, 9.17) is 5.26 Å². The molecule has 1 N–H and O–H groups in total. The zero-order valence-corrected chi connectivity index (χ0v) is 13.6. The fourth-order valence-electron chi connectivity index (χ4n) is 1.69. The number of hydrogen-bond acceptors (Lipinski definition) is 8. The van der Waals surface area contributed by atoms with Crippen molar-refractivity contribution in [1.82, 2.24) is 0 Å². The number of aromatic hydroxyl groups is 1. The molecule has 2 aromatic carbocycles. The maximum absolute atomic E-state index is 13.1. The van der Waals surface area contributed by atoms with Crippen molar-refractivity contribution in [3.8, 4) is 11.8 Å². The SMILES string of the molecule is N#Cc1cc(N=Nc2cc(S(=O)(=O)F)cc(S(=O)(=O)F)c2)ccc1O. The van der Waals surface area contributed by atoms with Gasteiger partial charge in [-0.2, -0.15) is 32.3 Å². The third-order valence-corrected chi connectivity index (χ3v) is 4.41. The number of nitriles is 1. The second kappa shape index (κ2) is 6.54. The van der Waals surface area contributed by atoms with Crippen LogP contribution < -0.4 is 0 Å². The van der Waals surface area contributed by atoms with Crippen LogP contribution >= 0.6 is 0 Å². The lowest BCUT2D eigenvalue weighted by Gasteiger charge is -2.01. The summed E-state index contributed by atoms with van der Waals surface area (Å²) in [6, 6.07) is 6.83. The fraction of sp³-hybridized carbons (Fsp3) is 0. The smallest absolute Gasteiger partial charge is 0.332 e. The van der Waals surface area contributed by atoms with Crippen LogP contribution in [0.2, 0.25) is 0 Å². The Morgan fingerprint density at radius 2 is 1.40 bits per heavy atom. The van der Waals surface area contributed by atoms with E-state index in [9.17, 15) is 29.7 Å². The van der Waals surface area contributed by atoms with Crippen molar-refractivity contribution in [2.24, 2.45) is 10.2 Å². The molecule has 0 atom stereocenters. The van der Waals surface area contributed by atoms with Crippen molar-refractivity contribution >= 4 is 31.8 Å². The highest BCUT2D eigenvalue weighted by molar-refractivity contribution is 7.87. The molecular weight excluding hydrogens is 380 g/mol. The van der Waals surface area contributed by atoms with Gasteiger partial charge in [0, 0.05) is 0 Å². The van der Waals surface area contributed by atoms with Crippen LogP contribution in [0, 0.1) is 11.3 Å². The maximum Gasteiger partial charge on any atom is 0.332 e. The summed E-state index contributed by atoms with van der Waals surface area (Å²) in [5.74, 6) is -0.308. The lowest BCUT2D eigenvalue weighted by molar-refractivity contribution is 0.473. The van der Waals surface area contributed by atoms with Crippen molar-refractivity contribution in [1.29, 1.82) is 5.26 Å². The Labute approximate surface area is 141 Å². The van der Waals surface area contributed by atoms with Crippen LogP contribution in [0.15, 0.2) is 56.4 Å². The van der Waals surface area contributed by atoms with Gasteiger partial charge in [-0.3, -0.25) is 0 Å². The Kier molecular flexibility index (Phi) is 4.82. The van der Waals surface area contributed by atoms with E-state index < -0.39 is 35.9 Å². The first-order valence-corrected chi connectivity index (χ1v) is 8.97. The molecule has 0 saturated carbocycles. The van der Waals surface area contributed by atoms with Gasteiger partial charge in [-0.05, 0) is 36.4 Å². The molecule has 2 rings (SSSR count). The number of rotatable bonds is 4. The van der Waals surface area contributed by atoms with Crippen LogP contribution in [-0.2, 0) is 20.4 Å². The summed E-state index contributed by atoms with van der Waals surface area (Å²) in [5.41, 5.74) is -0.530. The number of phenols is 1. The van der Waals surface area contributed by atoms with Gasteiger partial charge in [-0.15, -0.1) is 7.77 Å². The van der Waals surface area contributed by atoms with Gasteiger partial charge in [-0.25, -0.2) is 0 Å². The van der Waals surface area contributed by atoms with E-state index in [0.29, 0.717) is 18.2 Å². The van der Waals surface area contributed by atoms with E-state index in [1.54, 1.807) is 6.07 Å². The normalized spacial score (nSPS) is 12.2. The number of hydrogen-bond donors (Lipinski definition) is 1. The summed E-state index contributed by atoms with van der Waals surface area (Å²) in [6.07, 6.45) is 0. The van der Waals surface area contributed by atoms with Crippen LogP contribution in [0.25, 0.3) is 0 Å². The average Bonchev–Trinajstić information content (AvgIpc) is 2.52. The molecule has 0 fully saturated rings. The summed E-state index contributed by atoms with van der Waals surface area (Å²) in [5, 5.41) is 25.2. The Bertz CT molecular complexity index is 1070. The van der Waals surface area contributed by atoms with Gasteiger partial charge in [0.15, 0.2) is 0 Å². The molecule has 0 unspecified atom stereocenters. The molecule has 0 spiro atoms. The first-order chi connectivity index (χ1) is 11.5. The van der Waals surface area contributed by atoms with E-state index in [-0.39, 0.29) is 17.0 Å². The summed E-state index contributed by atoms with van der Waals surface area (Å²) >= 11 is 0. The topological polar surface area (TPSA) is 137 Å². The molecule has 130 valence electrons. The fourth-order valence-corrected chi connectivity index (χ4v) is 2.82. The minimum absolute atomic E-state index is 0.0486. The quantitative estimate of drug-likeness (QED) is 0.632. The first-order valence-electron chi connectivity index (χ1n) is 6.20. The molecule has 0 bridgehead atoms. The zero-order chi connectivity index (χ0) is 18.8. The maximum atomic E-state index is 13.1. The molecule has 0 aliphatic carbocycles. The first kappa shape index (κ1) is 18.4. The van der Waals surface area contributed by atoms with Crippen molar-refractivity contribution in [3.63, 3.8) is 0 Å². The van der Waals surface area contributed by atoms with Gasteiger partial charge in [0.25, 0.3) is 0 Å². The Morgan fingerprint density at radius 1 is 0.880 bits per heavy atom. The summed E-state index contributed by atoms with van der Waals surface area (Å²) in [6.45, 7) is 0. The molecule has 12 heteroatoms. The summed E-state index contributed by atoms with van der Waals surface area (Å²) in [7, 11) is -10.6. The molecule has 0 heterocycles. The zero-order valence-electron chi connectivity index (χ0n) is 12.0. The summed E-state index contributed by atoms with van der Waals surface area (Å²) in [4.78, 5) is -2.22. The van der Waals surface area contributed by atoms with Gasteiger partial charge in [-0.1, -0.05) is 0 Å². The third-order valence-electron chi connectivity index (χ3n) is 2.81. The van der Waals surface area contributed by atoms with Crippen molar-refractivity contribution in [3.05, 3.63) is 42.0 Å². The Hall–Kier alpha value is -2.91. The number of halogens is 2. The molecule has 0 aliphatic rings. The minimum atomic E-state index is -5.32. The van der Waals surface area contributed by atoms with Crippen LogP contribution in [-0.4, -0.2) is 21.9 Å². The van der Waals surface area contributed by atoms with Crippen LogP contribution in [0.4, 0.5) is 19.1 Å². The second-order valence-electron chi connectivity index (χ2n) is 4.55. The lowest BCUT2D eigenvalue weighted by Crippen LogP contribution is -1.97. The largest absolute Gasteiger partial charge is 0.507 e. The van der Waals surface area contributed by atoms with Gasteiger partial charge >= 0.3 is 20.4 Å². The standard InChI is InChI=1S/C13H7F2N3O5S2/c14-24(20,21)11-4-10(5-12(6-11)25(15,22)23)18-17-9-1-2-13(19)8(3-9)7-16/h1-6,19H. The molecule has 0 saturated heterocycles. The predicted molar refractivity (Wildman–Crippen MR) is 80.0 cm³/mol. The number of benzene rings is 2. The average molecular weight is 387 g/mol. The number of azo groups is 1. The van der Waals surface area contributed by atoms with E-state index in [1.165, 1.54) is 6.07 Å². The van der Waals surface area contributed by atoms with Gasteiger partial charge in [0.1, 0.15) is 21.6 Å². The monoisotopic (exact) mass is 387 g/mol. The lowest BCUT2D eigenvalue weighted by atomic mass is 10.2. The van der Waals surface area contributed by atoms with E-state index in [0.717, 1.165) is 12.1 Å². The van der Waals surface area contributed by atoms with Crippen LogP contribution in [0.3, 0.4) is 0 Å². The highest BCUT2D eigenvalue weighted by Crippen LogP contribution is 2.29. The van der Waals surface area contributed by atoms with Gasteiger partial charge < -0.3 is 5.11 Å². The molecule has 0 amide bonds. The van der Waals surface area contributed by atoms with Crippen molar-refractivity contribution in [2.45, 2.75) is 9.79 Å². The van der Waals surface area contributed by atoms with Crippen molar-refractivity contribution in [2.75, 3.05) is 0 Å². The number of phenolic OH excluding ortho intramolecular Hbond substituents is 1.